The Morgan fingerprint density at radius 2 is 1.88 bits per heavy atom. The molecule has 0 aliphatic rings. The van der Waals surface area contributed by atoms with E-state index in [0.717, 1.165) is 15.5 Å². The average Bonchev–Trinajstić information content (AvgIpc) is 3.23. The molecule has 4 nitrogen and oxygen atoms in total. The Labute approximate surface area is 147 Å². The highest BCUT2D eigenvalue weighted by Gasteiger charge is 2.22. The van der Waals surface area contributed by atoms with E-state index in [9.17, 15) is 22.4 Å². The lowest BCUT2D eigenvalue weighted by Crippen LogP contribution is -2.15. The van der Waals surface area contributed by atoms with Crippen LogP contribution in [0.25, 0.3) is 27.3 Å². The number of aromatic nitrogens is 3. The monoisotopic (exact) mass is 379 g/mol. The van der Waals surface area contributed by atoms with E-state index in [0.29, 0.717) is 17.3 Å². The van der Waals surface area contributed by atoms with E-state index in [1.54, 1.807) is 6.92 Å². The van der Waals surface area contributed by atoms with Crippen LogP contribution in [-0.4, -0.2) is 14.6 Å². The summed E-state index contributed by atoms with van der Waals surface area (Å²) in [5.74, 6) is -7.04. The molecule has 0 amide bonds. The summed E-state index contributed by atoms with van der Waals surface area (Å²) in [7, 11) is 0. The van der Waals surface area contributed by atoms with E-state index < -0.39 is 34.4 Å². The van der Waals surface area contributed by atoms with Crippen LogP contribution in [0.1, 0.15) is 5.69 Å². The van der Waals surface area contributed by atoms with Gasteiger partial charge in [0.15, 0.2) is 28.9 Å². The van der Waals surface area contributed by atoms with Gasteiger partial charge in [-0.25, -0.2) is 27.1 Å². The van der Waals surface area contributed by atoms with E-state index >= 15 is 0 Å². The molecule has 0 atom stereocenters. The zero-order chi connectivity index (χ0) is 18.6. The first kappa shape index (κ1) is 16.5. The van der Waals surface area contributed by atoms with Crippen LogP contribution in [0.15, 0.2) is 34.4 Å². The van der Waals surface area contributed by atoms with E-state index in [-0.39, 0.29) is 11.3 Å². The van der Waals surface area contributed by atoms with E-state index in [1.807, 2.05) is 17.5 Å². The predicted molar refractivity (Wildman–Crippen MR) is 89.1 cm³/mol. The van der Waals surface area contributed by atoms with Gasteiger partial charge in [0.1, 0.15) is 0 Å². The first-order valence-electron chi connectivity index (χ1n) is 7.38. The van der Waals surface area contributed by atoms with Gasteiger partial charge in [-0.05, 0) is 24.4 Å². The van der Waals surface area contributed by atoms with Gasteiger partial charge in [0, 0.05) is 22.2 Å². The molecular weight excluding hydrogens is 370 g/mol. The number of aryl methyl sites for hydroxylation is 1. The Morgan fingerprint density at radius 3 is 2.58 bits per heavy atom. The number of aromatic amines is 1. The predicted octanol–water partition coefficient (Wildman–Crippen LogP) is 4.28. The fourth-order valence-electron chi connectivity index (χ4n) is 2.76. The first-order chi connectivity index (χ1) is 12.4. The van der Waals surface area contributed by atoms with Crippen molar-refractivity contribution in [3.05, 3.63) is 69.0 Å². The first-order valence-corrected chi connectivity index (χ1v) is 8.26. The number of nitrogens with one attached hydrogen (secondary N) is 1. The van der Waals surface area contributed by atoms with Gasteiger partial charge in [0.25, 0.3) is 5.56 Å². The van der Waals surface area contributed by atoms with Gasteiger partial charge in [0.2, 0.25) is 0 Å². The zero-order valence-corrected chi connectivity index (χ0v) is 13.9. The summed E-state index contributed by atoms with van der Waals surface area (Å²) in [4.78, 5) is 17.4. The molecule has 0 bridgehead atoms. The van der Waals surface area contributed by atoms with Crippen LogP contribution in [0.2, 0.25) is 0 Å². The minimum atomic E-state index is -1.95. The number of H-pyrrole nitrogens is 1. The number of hydrogen-bond acceptors (Lipinski definition) is 3. The van der Waals surface area contributed by atoms with Crippen molar-refractivity contribution in [1.29, 1.82) is 0 Å². The topological polar surface area (TPSA) is 50.2 Å². The van der Waals surface area contributed by atoms with Gasteiger partial charge in [-0.15, -0.1) is 11.3 Å². The fourth-order valence-corrected chi connectivity index (χ4v) is 3.59. The van der Waals surface area contributed by atoms with Crippen molar-refractivity contribution >= 4 is 17.0 Å². The van der Waals surface area contributed by atoms with Gasteiger partial charge in [-0.3, -0.25) is 9.89 Å². The smallest absolute Gasteiger partial charge is 0.273 e. The summed E-state index contributed by atoms with van der Waals surface area (Å²) in [5.41, 5.74) is -0.0786. The molecule has 0 aliphatic carbocycles. The van der Waals surface area contributed by atoms with Crippen molar-refractivity contribution in [3.8, 4) is 21.7 Å². The normalized spacial score (nSPS) is 11.4. The lowest BCUT2D eigenvalue weighted by molar-refractivity contribution is 0.410. The molecule has 9 heteroatoms. The molecule has 0 radical (unpaired) electrons. The van der Waals surface area contributed by atoms with Crippen molar-refractivity contribution in [2.24, 2.45) is 0 Å². The highest BCUT2D eigenvalue weighted by Crippen LogP contribution is 2.32. The molecule has 1 aromatic carbocycles. The van der Waals surface area contributed by atoms with Gasteiger partial charge in [-0.1, -0.05) is 6.07 Å². The summed E-state index contributed by atoms with van der Waals surface area (Å²) >= 11 is 1.41. The molecule has 4 rings (SSSR count). The lowest BCUT2D eigenvalue weighted by atomic mass is 10.1. The van der Waals surface area contributed by atoms with Crippen LogP contribution in [0.4, 0.5) is 17.6 Å². The van der Waals surface area contributed by atoms with Gasteiger partial charge in [0.05, 0.1) is 11.3 Å². The Balaban J connectivity index is 2.05. The molecule has 132 valence electrons. The highest BCUT2D eigenvalue weighted by molar-refractivity contribution is 7.13. The molecule has 0 saturated carbocycles. The largest absolute Gasteiger partial charge is 0.293 e. The number of hydrogen-bond donors (Lipinski definition) is 1. The molecule has 4 aromatic rings. The molecule has 1 N–H and O–H groups in total. The standard InChI is InChI=1S/C17H9F4N3OS/c1-7-13(11-3-2-4-26-11)17-22-10(6-12(25)24(17)23-7)8-5-9(18)15(20)16(21)14(8)19/h2-6,23H,1H3. The summed E-state index contributed by atoms with van der Waals surface area (Å²) in [6.45, 7) is 1.74. The Kier molecular flexibility index (Phi) is 3.69. The van der Waals surface area contributed by atoms with Crippen LogP contribution < -0.4 is 5.56 Å². The number of fused-ring (bicyclic) bond motifs is 1. The third-order valence-electron chi connectivity index (χ3n) is 3.94. The number of rotatable bonds is 2. The number of benzene rings is 1. The lowest BCUT2D eigenvalue weighted by Gasteiger charge is -2.06. The maximum absolute atomic E-state index is 14.1. The maximum atomic E-state index is 14.1. The quantitative estimate of drug-likeness (QED) is 0.321. The maximum Gasteiger partial charge on any atom is 0.273 e. The van der Waals surface area contributed by atoms with Crippen molar-refractivity contribution in [2.75, 3.05) is 0 Å². The minimum absolute atomic E-state index is 0.178. The van der Waals surface area contributed by atoms with Crippen LogP contribution in [-0.2, 0) is 0 Å². The van der Waals surface area contributed by atoms with Gasteiger partial charge < -0.3 is 0 Å². The molecule has 0 unspecified atom stereocenters. The summed E-state index contributed by atoms with van der Waals surface area (Å²) in [5, 5.41) is 4.69. The Hall–Kier alpha value is -2.94. The van der Waals surface area contributed by atoms with Crippen LogP contribution in [0.5, 0.6) is 0 Å². The van der Waals surface area contributed by atoms with Crippen LogP contribution in [0, 0.1) is 30.2 Å². The second kappa shape index (κ2) is 5.80. The minimum Gasteiger partial charge on any atom is -0.293 e. The SMILES string of the molecule is Cc1[nH]n2c(=O)cc(-c3cc(F)c(F)c(F)c3F)nc2c1-c1cccs1. The van der Waals surface area contributed by atoms with Crippen molar-refractivity contribution in [1.82, 2.24) is 14.6 Å². The Bertz CT molecular complexity index is 1210. The number of thiophene rings is 1. The highest BCUT2D eigenvalue weighted by atomic mass is 32.1. The van der Waals surface area contributed by atoms with E-state index in [2.05, 4.69) is 10.1 Å². The van der Waals surface area contributed by atoms with Gasteiger partial charge >= 0.3 is 0 Å². The average molecular weight is 379 g/mol. The molecule has 0 aliphatic heterocycles. The van der Waals surface area contributed by atoms with Crippen molar-refractivity contribution in [3.63, 3.8) is 0 Å². The summed E-state index contributed by atoms with van der Waals surface area (Å²) in [6, 6.07) is 5.04. The number of nitrogens with zero attached hydrogens (tertiary/aromatic N) is 2. The van der Waals surface area contributed by atoms with Gasteiger partial charge in [-0.2, -0.15) is 0 Å². The fraction of sp³-hybridized carbons (Fsp3) is 0.0588. The second-order valence-corrected chi connectivity index (χ2v) is 6.52. The van der Waals surface area contributed by atoms with E-state index in [4.69, 9.17) is 0 Å². The zero-order valence-electron chi connectivity index (χ0n) is 13.1. The molecule has 0 saturated heterocycles. The van der Waals surface area contributed by atoms with Crippen LogP contribution >= 0.6 is 11.3 Å². The molecule has 26 heavy (non-hydrogen) atoms. The molecule has 3 aromatic heterocycles. The number of halogens is 4. The second-order valence-electron chi connectivity index (χ2n) is 5.58. The Morgan fingerprint density at radius 1 is 1.12 bits per heavy atom. The van der Waals surface area contributed by atoms with Crippen molar-refractivity contribution in [2.45, 2.75) is 6.92 Å². The molecule has 0 fully saturated rings. The third kappa shape index (κ3) is 2.35. The summed E-state index contributed by atoms with van der Waals surface area (Å²) < 4.78 is 55.5. The summed E-state index contributed by atoms with van der Waals surface area (Å²) in [6.07, 6.45) is 0. The van der Waals surface area contributed by atoms with Crippen LogP contribution in [0.3, 0.4) is 0 Å². The molecular formula is C17H9F4N3OS. The van der Waals surface area contributed by atoms with E-state index in [1.165, 1.54) is 11.3 Å². The third-order valence-corrected chi connectivity index (χ3v) is 4.83. The molecule has 0 spiro atoms. The van der Waals surface area contributed by atoms with Crippen molar-refractivity contribution < 1.29 is 17.6 Å². The molecule has 3 heterocycles.